The Balaban J connectivity index is 1.73. The van der Waals surface area contributed by atoms with Crippen molar-refractivity contribution in [2.75, 3.05) is 19.5 Å². The number of aromatic nitrogens is 2. The molecule has 0 unspecified atom stereocenters. The zero-order valence-electron chi connectivity index (χ0n) is 15.6. The molecule has 0 radical (unpaired) electrons. The van der Waals surface area contributed by atoms with E-state index in [4.69, 9.17) is 14.2 Å². The van der Waals surface area contributed by atoms with Gasteiger partial charge in [-0.3, -0.25) is 0 Å². The van der Waals surface area contributed by atoms with Crippen LogP contribution in [0.3, 0.4) is 0 Å². The number of rotatable bonds is 5. The van der Waals surface area contributed by atoms with Gasteiger partial charge >= 0.3 is 5.97 Å². The van der Waals surface area contributed by atoms with Gasteiger partial charge in [0.05, 0.1) is 19.8 Å². The van der Waals surface area contributed by atoms with Crippen molar-refractivity contribution in [2.24, 2.45) is 0 Å². The summed E-state index contributed by atoms with van der Waals surface area (Å²) in [4.78, 5) is 21.3. The highest BCUT2D eigenvalue weighted by Gasteiger charge is 2.29. The van der Waals surface area contributed by atoms with E-state index in [1.54, 1.807) is 26.6 Å². The molecule has 1 aromatic heterocycles. The van der Waals surface area contributed by atoms with Crippen LogP contribution in [0.1, 0.15) is 28.8 Å². The minimum Gasteiger partial charge on any atom is -0.493 e. The minimum absolute atomic E-state index is 0.258. The number of carbonyl (C=O) groups excluding carboxylic acids is 1. The quantitative estimate of drug-likeness (QED) is 0.681. The molecule has 2 aliphatic rings. The average molecular weight is 377 g/mol. The molecule has 0 atom stereocenters. The lowest BCUT2D eigenvalue weighted by Crippen LogP contribution is -2.05. The van der Waals surface area contributed by atoms with Crippen molar-refractivity contribution >= 4 is 22.7 Å². The molecule has 0 spiro atoms. The van der Waals surface area contributed by atoms with Crippen LogP contribution in [0, 0.1) is 0 Å². The molecule has 2 aromatic carbocycles. The van der Waals surface area contributed by atoms with Gasteiger partial charge in [0.1, 0.15) is 6.61 Å². The van der Waals surface area contributed by atoms with E-state index in [0.29, 0.717) is 29.1 Å². The number of ether oxygens (including phenoxy) is 3. The van der Waals surface area contributed by atoms with Gasteiger partial charge in [-0.25, -0.2) is 14.8 Å². The van der Waals surface area contributed by atoms with E-state index >= 15 is 0 Å². The van der Waals surface area contributed by atoms with Gasteiger partial charge in [0.15, 0.2) is 11.5 Å². The smallest absolute Gasteiger partial charge is 0.339 e. The van der Waals surface area contributed by atoms with Crippen molar-refractivity contribution < 1.29 is 19.0 Å². The molecule has 1 saturated carbocycles. The average Bonchev–Trinajstić information content (AvgIpc) is 3.47. The standard InChI is InChI=1S/C21H19N3O4/c1-26-16-6-11-5-12-10-28-20(25)19(12)18(15(11)7-17(16)27-2)13-8-22-21(23-9-13)24-14-3-4-14/h5-9,14H,3-4,10H2,1-2H3,(H,22,23,24). The van der Waals surface area contributed by atoms with Crippen LogP contribution < -0.4 is 14.8 Å². The van der Waals surface area contributed by atoms with Gasteiger partial charge in [-0.1, -0.05) is 0 Å². The Labute approximate surface area is 161 Å². The molecule has 7 nitrogen and oxygen atoms in total. The fraction of sp³-hybridized carbons (Fsp3) is 0.286. The Hall–Kier alpha value is -3.35. The summed E-state index contributed by atoms with van der Waals surface area (Å²) < 4.78 is 16.2. The third-order valence-electron chi connectivity index (χ3n) is 5.14. The summed E-state index contributed by atoms with van der Waals surface area (Å²) in [5.74, 6) is 1.49. The van der Waals surface area contributed by atoms with Crippen molar-refractivity contribution in [3.05, 3.63) is 41.7 Å². The highest BCUT2D eigenvalue weighted by Crippen LogP contribution is 2.42. The van der Waals surface area contributed by atoms with Crippen LogP contribution in [0.5, 0.6) is 11.5 Å². The van der Waals surface area contributed by atoms with E-state index in [2.05, 4.69) is 15.3 Å². The Morgan fingerprint density at radius 3 is 2.43 bits per heavy atom. The van der Waals surface area contributed by atoms with Crippen molar-refractivity contribution in [1.29, 1.82) is 0 Å². The first kappa shape index (κ1) is 16.8. The number of cyclic esters (lactones) is 1. The summed E-state index contributed by atoms with van der Waals surface area (Å²) in [6, 6.07) is 6.22. The molecule has 1 aliphatic carbocycles. The van der Waals surface area contributed by atoms with Crippen LogP contribution in [0.15, 0.2) is 30.6 Å². The Kier molecular flexibility index (Phi) is 3.82. The van der Waals surface area contributed by atoms with Crippen LogP contribution in [0.4, 0.5) is 5.95 Å². The summed E-state index contributed by atoms with van der Waals surface area (Å²) in [6.07, 6.45) is 5.79. The lowest BCUT2D eigenvalue weighted by Gasteiger charge is -2.14. The number of nitrogens with one attached hydrogen (secondary N) is 1. The molecular formula is C21H19N3O4. The molecule has 0 amide bonds. The Bertz CT molecular complexity index is 1090. The van der Waals surface area contributed by atoms with Gasteiger partial charge in [-0.2, -0.15) is 0 Å². The van der Waals surface area contributed by atoms with Gasteiger partial charge in [0.25, 0.3) is 0 Å². The topological polar surface area (TPSA) is 82.6 Å². The minimum atomic E-state index is -0.332. The van der Waals surface area contributed by atoms with Gasteiger partial charge in [0, 0.05) is 35.1 Å². The molecule has 5 rings (SSSR count). The molecule has 7 heteroatoms. The van der Waals surface area contributed by atoms with Crippen LogP contribution in [-0.4, -0.2) is 36.2 Å². The molecular weight excluding hydrogens is 358 g/mol. The maximum absolute atomic E-state index is 12.5. The zero-order valence-corrected chi connectivity index (χ0v) is 15.6. The molecule has 1 N–H and O–H groups in total. The summed E-state index contributed by atoms with van der Waals surface area (Å²) in [6.45, 7) is 0.258. The predicted molar refractivity (Wildman–Crippen MR) is 104 cm³/mol. The first-order chi connectivity index (χ1) is 13.7. The molecule has 1 fully saturated rings. The number of hydrogen-bond donors (Lipinski definition) is 1. The fourth-order valence-electron chi connectivity index (χ4n) is 3.59. The second kappa shape index (κ2) is 6.37. The van der Waals surface area contributed by atoms with Crippen LogP contribution in [0.25, 0.3) is 21.9 Å². The number of carbonyl (C=O) groups is 1. The van der Waals surface area contributed by atoms with E-state index in [-0.39, 0.29) is 12.6 Å². The summed E-state index contributed by atoms with van der Waals surface area (Å²) >= 11 is 0. The molecule has 0 bridgehead atoms. The highest BCUT2D eigenvalue weighted by atomic mass is 16.5. The van der Waals surface area contributed by atoms with Crippen molar-refractivity contribution in [3.8, 4) is 22.6 Å². The summed E-state index contributed by atoms with van der Waals surface area (Å²) in [7, 11) is 3.19. The van der Waals surface area contributed by atoms with Gasteiger partial charge in [0.2, 0.25) is 5.95 Å². The summed E-state index contributed by atoms with van der Waals surface area (Å²) in [5.41, 5.74) is 2.93. The van der Waals surface area contributed by atoms with Gasteiger partial charge in [-0.05, 0) is 41.8 Å². The highest BCUT2D eigenvalue weighted by molar-refractivity contribution is 6.11. The number of anilines is 1. The maximum Gasteiger partial charge on any atom is 0.339 e. The number of esters is 1. The van der Waals surface area contributed by atoms with Crippen molar-refractivity contribution in [2.45, 2.75) is 25.5 Å². The molecule has 2 heterocycles. The monoisotopic (exact) mass is 377 g/mol. The molecule has 1 aliphatic heterocycles. The maximum atomic E-state index is 12.5. The SMILES string of the molecule is COc1cc2cc3c(c(-c4cnc(NC5CC5)nc4)c2cc1OC)C(=O)OC3. The lowest BCUT2D eigenvalue weighted by molar-refractivity contribution is 0.0535. The molecule has 28 heavy (non-hydrogen) atoms. The summed E-state index contributed by atoms with van der Waals surface area (Å²) in [5, 5.41) is 5.07. The third-order valence-corrected chi connectivity index (χ3v) is 5.14. The van der Waals surface area contributed by atoms with Crippen LogP contribution >= 0.6 is 0 Å². The van der Waals surface area contributed by atoms with E-state index in [9.17, 15) is 4.79 Å². The normalized spacial score (nSPS) is 15.3. The second-order valence-corrected chi connectivity index (χ2v) is 7.00. The fourth-order valence-corrected chi connectivity index (χ4v) is 3.59. The van der Waals surface area contributed by atoms with Crippen LogP contribution in [-0.2, 0) is 11.3 Å². The lowest BCUT2D eigenvalue weighted by atomic mass is 9.91. The van der Waals surface area contributed by atoms with E-state index in [1.807, 2.05) is 18.2 Å². The van der Waals surface area contributed by atoms with Crippen molar-refractivity contribution in [3.63, 3.8) is 0 Å². The largest absolute Gasteiger partial charge is 0.493 e. The van der Waals surface area contributed by atoms with E-state index in [0.717, 1.165) is 40.3 Å². The molecule has 3 aromatic rings. The molecule has 0 saturated heterocycles. The first-order valence-electron chi connectivity index (χ1n) is 9.15. The number of nitrogens with zero attached hydrogens (tertiary/aromatic N) is 2. The van der Waals surface area contributed by atoms with Gasteiger partial charge in [-0.15, -0.1) is 0 Å². The second-order valence-electron chi connectivity index (χ2n) is 7.00. The van der Waals surface area contributed by atoms with E-state index < -0.39 is 0 Å². The Morgan fingerprint density at radius 2 is 1.75 bits per heavy atom. The number of methoxy groups -OCH3 is 2. The van der Waals surface area contributed by atoms with Crippen LogP contribution in [0.2, 0.25) is 0 Å². The number of hydrogen-bond acceptors (Lipinski definition) is 7. The number of fused-ring (bicyclic) bond motifs is 2. The van der Waals surface area contributed by atoms with Crippen molar-refractivity contribution in [1.82, 2.24) is 9.97 Å². The number of benzene rings is 2. The third kappa shape index (κ3) is 2.70. The van der Waals surface area contributed by atoms with E-state index in [1.165, 1.54) is 0 Å². The first-order valence-corrected chi connectivity index (χ1v) is 9.15. The van der Waals surface area contributed by atoms with Gasteiger partial charge < -0.3 is 19.5 Å². The molecule has 142 valence electrons. The predicted octanol–water partition coefficient (Wildman–Crippen LogP) is 3.56. The Morgan fingerprint density at radius 1 is 1.04 bits per heavy atom. The zero-order chi connectivity index (χ0) is 19.3.